The van der Waals surface area contributed by atoms with Gasteiger partial charge in [0.1, 0.15) is 15.9 Å². The number of quaternary nitrogens is 1. The quantitative estimate of drug-likeness (QED) is 0.598. The largest absolute Gasteiger partial charge is 0.748 e. The molecule has 0 aromatic carbocycles. The second-order valence-electron chi connectivity index (χ2n) is 2.80. The van der Waals surface area contributed by atoms with Crippen molar-refractivity contribution in [2.45, 2.75) is 25.2 Å². The number of alkyl halides is 4. The van der Waals surface area contributed by atoms with Crippen LogP contribution in [0.4, 0.5) is 17.6 Å². The van der Waals surface area contributed by atoms with Gasteiger partial charge in [0.05, 0.1) is 6.42 Å². The number of hydrogen-bond acceptors (Lipinski definition) is 3. The van der Waals surface area contributed by atoms with Crippen LogP contribution in [0.5, 0.6) is 0 Å². The number of hydrogen-bond donors (Lipinski definition) is 1. The molecule has 0 saturated carbocycles. The van der Waals surface area contributed by atoms with Gasteiger partial charge in [0, 0.05) is 0 Å². The van der Waals surface area contributed by atoms with Crippen LogP contribution < -0.4 is 6.15 Å². The molecule has 0 aliphatic carbocycles. The standard InChI is InChI=1S/C5H8F4O3S.H3N/c1-4(6,7)2-5(8,9)3-13(10,11)12;/h2-3H2,1H3,(H,10,11,12);1H3. The molecule has 4 nitrogen and oxygen atoms in total. The average molecular weight is 241 g/mol. The molecule has 88 valence electrons. The van der Waals surface area contributed by atoms with Crippen LogP contribution in [0.1, 0.15) is 13.3 Å². The molecule has 0 atom stereocenters. The van der Waals surface area contributed by atoms with Gasteiger partial charge >= 0.3 is 0 Å². The fourth-order valence-electron chi connectivity index (χ4n) is 0.764. The first-order valence-electron chi connectivity index (χ1n) is 3.11. The molecule has 0 aliphatic heterocycles. The molecule has 0 radical (unpaired) electrons. The van der Waals surface area contributed by atoms with E-state index in [2.05, 4.69) is 0 Å². The minimum absolute atomic E-state index is 0. The summed E-state index contributed by atoms with van der Waals surface area (Å²) >= 11 is 0. The lowest BCUT2D eigenvalue weighted by atomic mass is 10.2. The molecule has 0 spiro atoms. The lowest BCUT2D eigenvalue weighted by Crippen LogP contribution is -2.33. The highest BCUT2D eigenvalue weighted by molar-refractivity contribution is 7.85. The Bertz CT molecular complexity index is 271. The van der Waals surface area contributed by atoms with Gasteiger partial charge in [-0.2, -0.15) is 0 Å². The molecule has 0 unspecified atom stereocenters. The molecule has 4 N–H and O–H groups in total. The third-order valence-corrected chi connectivity index (χ3v) is 1.73. The van der Waals surface area contributed by atoms with Crippen LogP contribution >= 0.6 is 0 Å². The molecule has 0 rings (SSSR count). The Morgan fingerprint density at radius 1 is 1.21 bits per heavy atom. The van der Waals surface area contributed by atoms with Crippen LogP contribution in [0.2, 0.25) is 0 Å². The summed E-state index contributed by atoms with van der Waals surface area (Å²) < 4.78 is 78.3. The third-order valence-electron chi connectivity index (χ3n) is 0.957. The smallest absolute Gasteiger partial charge is 0.266 e. The van der Waals surface area contributed by atoms with Crippen LogP contribution in [0.25, 0.3) is 0 Å². The second-order valence-corrected chi connectivity index (χ2v) is 4.21. The monoisotopic (exact) mass is 241 g/mol. The first-order valence-corrected chi connectivity index (χ1v) is 4.68. The molecule has 0 heterocycles. The van der Waals surface area contributed by atoms with E-state index in [0.717, 1.165) is 0 Å². The fraction of sp³-hybridized carbons (Fsp3) is 1.00. The Balaban J connectivity index is 0. The van der Waals surface area contributed by atoms with E-state index >= 15 is 0 Å². The predicted octanol–water partition coefficient (Wildman–Crippen LogP) is 1.59. The van der Waals surface area contributed by atoms with Gasteiger partial charge in [0.2, 0.25) is 0 Å². The van der Waals surface area contributed by atoms with Crippen molar-refractivity contribution in [1.82, 2.24) is 6.15 Å². The predicted molar refractivity (Wildman–Crippen MR) is 40.7 cm³/mol. The van der Waals surface area contributed by atoms with Gasteiger partial charge in [-0.15, -0.1) is 0 Å². The van der Waals surface area contributed by atoms with Crippen LogP contribution in [0, 0.1) is 0 Å². The molecule has 0 bridgehead atoms. The van der Waals surface area contributed by atoms with Crippen LogP contribution in [-0.2, 0) is 10.1 Å². The maximum Gasteiger partial charge on any atom is 0.266 e. The van der Waals surface area contributed by atoms with Crippen molar-refractivity contribution in [2.75, 3.05) is 5.75 Å². The third kappa shape index (κ3) is 9.68. The van der Waals surface area contributed by atoms with E-state index < -0.39 is 34.1 Å². The molecule has 0 aliphatic rings. The normalized spacial score (nSPS) is 13.6. The molecule has 0 amide bonds. The molecular formula is C5H11F4NO3S. The maximum absolute atomic E-state index is 12.4. The van der Waals surface area contributed by atoms with Crippen molar-refractivity contribution >= 4 is 10.1 Å². The van der Waals surface area contributed by atoms with Crippen LogP contribution in [-0.4, -0.2) is 30.6 Å². The molecule has 0 aromatic heterocycles. The zero-order valence-corrected chi connectivity index (χ0v) is 8.38. The molecule has 14 heavy (non-hydrogen) atoms. The summed E-state index contributed by atoms with van der Waals surface area (Å²) in [5.41, 5.74) is 0. The van der Waals surface area contributed by atoms with Crippen molar-refractivity contribution in [3.05, 3.63) is 0 Å². The summed E-state index contributed by atoms with van der Waals surface area (Å²) in [5, 5.41) is 0. The van der Waals surface area contributed by atoms with E-state index in [4.69, 9.17) is 0 Å². The van der Waals surface area contributed by atoms with Crippen molar-refractivity contribution in [3.63, 3.8) is 0 Å². The van der Waals surface area contributed by atoms with Gasteiger partial charge in [0.25, 0.3) is 11.8 Å². The van der Waals surface area contributed by atoms with Crippen molar-refractivity contribution in [2.24, 2.45) is 0 Å². The van der Waals surface area contributed by atoms with Crippen molar-refractivity contribution in [3.8, 4) is 0 Å². The van der Waals surface area contributed by atoms with Crippen LogP contribution in [0.3, 0.4) is 0 Å². The van der Waals surface area contributed by atoms with Gasteiger partial charge in [-0.3, -0.25) is 0 Å². The van der Waals surface area contributed by atoms with Crippen molar-refractivity contribution < 1.29 is 30.5 Å². The highest BCUT2D eigenvalue weighted by atomic mass is 32.2. The topological polar surface area (TPSA) is 93.7 Å². The minimum atomic E-state index is -5.19. The lowest BCUT2D eigenvalue weighted by molar-refractivity contribution is -0.0879. The summed E-state index contributed by atoms with van der Waals surface area (Å²) in [5.74, 6) is -9.98. The van der Waals surface area contributed by atoms with Gasteiger partial charge in [-0.1, -0.05) is 0 Å². The van der Waals surface area contributed by atoms with Gasteiger partial charge in [0.15, 0.2) is 0 Å². The Morgan fingerprint density at radius 3 is 1.79 bits per heavy atom. The molecule has 0 saturated heterocycles. The second kappa shape index (κ2) is 4.41. The lowest BCUT2D eigenvalue weighted by Gasteiger charge is -2.21. The number of halogens is 4. The van der Waals surface area contributed by atoms with Gasteiger partial charge in [-0.05, 0) is 6.92 Å². The SMILES string of the molecule is CC(F)(F)CC(F)(F)CS(=O)(=O)[O-].[NH4+]. The van der Waals surface area contributed by atoms with Crippen molar-refractivity contribution in [1.29, 1.82) is 0 Å². The highest BCUT2D eigenvalue weighted by Crippen LogP contribution is 2.30. The van der Waals surface area contributed by atoms with Gasteiger partial charge < -0.3 is 10.7 Å². The Kier molecular flexibility index (Phi) is 5.05. The minimum Gasteiger partial charge on any atom is -0.748 e. The van der Waals surface area contributed by atoms with E-state index in [1.165, 1.54) is 0 Å². The van der Waals surface area contributed by atoms with E-state index in [-0.39, 0.29) is 13.1 Å². The highest BCUT2D eigenvalue weighted by Gasteiger charge is 2.41. The molecular weight excluding hydrogens is 230 g/mol. The Hall–Kier alpha value is -0.410. The zero-order valence-electron chi connectivity index (χ0n) is 7.56. The number of rotatable bonds is 4. The van der Waals surface area contributed by atoms with Gasteiger partial charge in [-0.25, -0.2) is 26.0 Å². The molecule has 0 fully saturated rings. The summed E-state index contributed by atoms with van der Waals surface area (Å²) in [6.45, 7) is 0.221. The Labute approximate surface area is 78.6 Å². The molecule has 0 aromatic rings. The summed E-state index contributed by atoms with van der Waals surface area (Å²) in [6, 6.07) is 0. The average Bonchev–Trinajstić information content (AvgIpc) is 1.43. The van der Waals surface area contributed by atoms with E-state index in [1.54, 1.807) is 0 Å². The maximum atomic E-state index is 12.4. The summed E-state index contributed by atoms with van der Waals surface area (Å²) in [7, 11) is -5.19. The summed E-state index contributed by atoms with van der Waals surface area (Å²) in [4.78, 5) is 0. The van der Waals surface area contributed by atoms with E-state index in [0.29, 0.717) is 0 Å². The molecule has 9 heteroatoms. The summed E-state index contributed by atoms with van der Waals surface area (Å²) in [6.07, 6.45) is -1.94. The van der Waals surface area contributed by atoms with E-state index in [1.807, 2.05) is 0 Å². The fourth-order valence-corrected chi connectivity index (χ4v) is 1.38. The van der Waals surface area contributed by atoms with E-state index in [9.17, 15) is 30.5 Å². The van der Waals surface area contributed by atoms with Crippen LogP contribution in [0.15, 0.2) is 0 Å². The first-order chi connectivity index (χ1) is 5.41. The first kappa shape index (κ1) is 16.0. The zero-order chi connectivity index (χ0) is 10.9. The Morgan fingerprint density at radius 2 is 1.57 bits per heavy atom.